The highest BCUT2D eigenvalue weighted by Crippen LogP contribution is 2.08. The van der Waals surface area contributed by atoms with E-state index in [0.29, 0.717) is 13.1 Å². The minimum Gasteiger partial charge on any atom is -0.329 e. The second kappa shape index (κ2) is 8.25. The van der Waals surface area contributed by atoms with Crippen molar-refractivity contribution in [2.45, 2.75) is 32.7 Å². The standard InChI is InChI=1S/C9H23N3O2S.ClH/c1-5-6-7-11(3)15(13,14)12(4)9(2)8-10;/h9H,5-8,10H2,1-4H3;1H. The first-order valence-electron chi connectivity index (χ1n) is 5.27. The molecule has 0 aromatic heterocycles. The van der Waals surface area contributed by atoms with E-state index in [4.69, 9.17) is 5.73 Å². The van der Waals surface area contributed by atoms with E-state index >= 15 is 0 Å². The normalized spacial score (nSPS) is 13.9. The fraction of sp³-hybridized carbons (Fsp3) is 1.00. The van der Waals surface area contributed by atoms with E-state index in [9.17, 15) is 8.42 Å². The van der Waals surface area contributed by atoms with Crippen molar-refractivity contribution in [1.82, 2.24) is 8.61 Å². The minimum atomic E-state index is -3.34. The second-order valence-electron chi connectivity index (χ2n) is 3.78. The molecule has 0 aliphatic heterocycles. The Morgan fingerprint density at radius 2 is 1.81 bits per heavy atom. The molecule has 100 valence electrons. The van der Waals surface area contributed by atoms with Gasteiger partial charge in [-0.2, -0.15) is 17.0 Å². The maximum atomic E-state index is 11.9. The topological polar surface area (TPSA) is 66.6 Å². The van der Waals surface area contributed by atoms with Crippen molar-refractivity contribution in [3.8, 4) is 0 Å². The maximum Gasteiger partial charge on any atom is 0.281 e. The summed E-state index contributed by atoms with van der Waals surface area (Å²) in [7, 11) is -0.169. The molecule has 0 fully saturated rings. The Kier molecular flexibility index (Phi) is 9.53. The monoisotopic (exact) mass is 273 g/mol. The van der Waals surface area contributed by atoms with Gasteiger partial charge in [0.2, 0.25) is 0 Å². The summed E-state index contributed by atoms with van der Waals surface area (Å²) in [5, 5.41) is 0. The van der Waals surface area contributed by atoms with Crippen LogP contribution in [0, 0.1) is 0 Å². The van der Waals surface area contributed by atoms with E-state index in [1.54, 1.807) is 21.0 Å². The predicted octanol–water partition coefficient (Wildman–Crippen LogP) is 0.664. The first-order valence-corrected chi connectivity index (χ1v) is 6.67. The van der Waals surface area contributed by atoms with Crippen molar-refractivity contribution in [1.29, 1.82) is 0 Å². The summed E-state index contributed by atoms with van der Waals surface area (Å²) < 4.78 is 26.6. The van der Waals surface area contributed by atoms with E-state index in [1.807, 2.05) is 6.92 Å². The van der Waals surface area contributed by atoms with Crippen LogP contribution in [0.1, 0.15) is 26.7 Å². The van der Waals surface area contributed by atoms with Gasteiger partial charge in [-0.05, 0) is 13.3 Å². The van der Waals surface area contributed by atoms with Gasteiger partial charge in [-0.15, -0.1) is 12.4 Å². The summed E-state index contributed by atoms with van der Waals surface area (Å²) in [6.07, 6.45) is 1.86. The van der Waals surface area contributed by atoms with Crippen LogP contribution in [0.25, 0.3) is 0 Å². The van der Waals surface area contributed by atoms with Gasteiger partial charge >= 0.3 is 0 Å². The third kappa shape index (κ3) is 4.97. The molecule has 0 aromatic rings. The minimum absolute atomic E-state index is 0. The molecule has 0 aliphatic rings. The molecule has 0 saturated heterocycles. The zero-order valence-electron chi connectivity index (χ0n) is 10.5. The number of nitrogens with zero attached hydrogens (tertiary/aromatic N) is 2. The molecule has 0 bridgehead atoms. The van der Waals surface area contributed by atoms with Gasteiger partial charge in [0.1, 0.15) is 0 Å². The summed E-state index contributed by atoms with van der Waals surface area (Å²) >= 11 is 0. The van der Waals surface area contributed by atoms with Crippen molar-refractivity contribution in [2.75, 3.05) is 27.2 Å². The fourth-order valence-corrected chi connectivity index (χ4v) is 2.43. The van der Waals surface area contributed by atoms with Crippen molar-refractivity contribution in [2.24, 2.45) is 5.73 Å². The van der Waals surface area contributed by atoms with Crippen LogP contribution in [0.3, 0.4) is 0 Å². The van der Waals surface area contributed by atoms with Crippen molar-refractivity contribution < 1.29 is 8.42 Å². The Hall–Kier alpha value is 0.120. The third-order valence-corrected chi connectivity index (χ3v) is 4.60. The van der Waals surface area contributed by atoms with Crippen LogP contribution in [0.4, 0.5) is 0 Å². The number of hydrogen-bond acceptors (Lipinski definition) is 3. The van der Waals surface area contributed by atoms with Gasteiger partial charge in [-0.3, -0.25) is 0 Å². The highest BCUT2D eigenvalue weighted by molar-refractivity contribution is 7.86. The maximum absolute atomic E-state index is 11.9. The van der Waals surface area contributed by atoms with Gasteiger partial charge in [0, 0.05) is 33.2 Å². The molecule has 0 amide bonds. The lowest BCUT2D eigenvalue weighted by atomic mass is 10.3. The molecule has 5 nitrogen and oxygen atoms in total. The highest BCUT2D eigenvalue weighted by Gasteiger charge is 2.26. The quantitative estimate of drug-likeness (QED) is 0.741. The van der Waals surface area contributed by atoms with Gasteiger partial charge in [0.05, 0.1) is 0 Å². The molecule has 1 atom stereocenters. The van der Waals surface area contributed by atoms with Crippen LogP contribution < -0.4 is 5.73 Å². The van der Waals surface area contributed by atoms with E-state index in [-0.39, 0.29) is 18.4 Å². The van der Waals surface area contributed by atoms with E-state index in [1.165, 1.54) is 8.61 Å². The zero-order chi connectivity index (χ0) is 12.1. The number of hydrogen-bond donors (Lipinski definition) is 1. The molecular formula is C9H24ClN3O2S. The van der Waals surface area contributed by atoms with Gasteiger partial charge in [-0.1, -0.05) is 13.3 Å². The molecule has 0 rings (SSSR count). The van der Waals surface area contributed by atoms with Gasteiger partial charge in [0.15, 0.2) is 0 Å². The number of nitrogens with two attached hydrogens (primary N) is 1. The summed E-state index contributed by atoms with van der Waals surface area (Å²) in [6, 6.07) is -0.168. The van der Waals surface area contributed by atoms with Crippen molar-refractivity contribution in [3.05, 3.63) is 0 Å². The first-order chi connectivity index (χ1) is 6.87. The largest absolute Gasteiger partial charge is 0.329 e. The van der Waals surface area contributed by atoms with E-state index in [2.05, 4.69) is 0 Å². The van der Waals surface area contributed by atoms with E-state index in [0.717, 1.165) is 12.8 Å². The summed E-state index contributed by atoms with van der Waals surface area (Å²) in [6.45, 7) is 4.72. The molecule has 0 heterocycles. The lowest BCUT2D eigenvalue weighted by molar-refractivity contribution is 0.346. The van der Waals surface area contributed by atoms with Crippen LogP contribution in [-0.2, 0) is 10.2 Å². The van der Waals surface area contributed by atoms with Gasteiger partial charge in [0.25, 0.3) is 10.2 Å². The summed E-state index contributed by atoms with van der Waals surface area (Å²) in [4.78, 5) is 0. The Bertz CT molecular complexity index is 272. The number of halogens is 1. The molecule has 0 radical (unpaired) electrons. The Morgan fingerprint density at radius 1 is 1.31 bits per heavy atom. The lowest BCUT2D eigenvalue weighted by Gasteiger charge is -2.28. The predicted molar refractivity (Wildman–Crippen MR) is 70.0 cm³/mol. The Labute approximate surface area is 106 Å². The summed E-state index contributed by atoms with van der Waals surface area (Å²) in [5.41, 5.74) is 5.45. The molecule has 16 heavy (non-hydrogen) atoms. The van der Waals surface area contributed by atoms with Crippen LogP contribution in [0.15, 0.2) is 0 Å². The van der Waals surface area contributed by atoms with Crippen LogP contribution >= 0.6 is 12.4 Å². The highest BCUT2D eigenvalue weighted by atomic mass is 35.5. The Morgan fingerprint density at radius 3 is 2.19 bits per heavy atom. The number of likely N-dealkylation sites (N-methyl/N-ethyl adjacent to an activating group) is 1. The second-order valence-corrected chi connectivity index (χ2v) is 5.88. The number of unbranched alkanes of at least 4 members (excludes halogenated alkanes) is 1. The average molecular weight is 274 g/mol. The van der Waals surface area contributed by atoms with E-state index < -0.39 is 10.2 Å². The lowest BCUT2D eigenvalue weighted by Crippen LogP contribution is -2.46. The SMILES string of the molecule is CCCCN(C)S(=O)(=O)N(C)C(C)CN.Cl. The van der Waals surface area contributed by atoms with Crippen molar-refractivity contribution in [3.63, 3.8) is 0 Å². The Balaban J connectivity index is 0. The molecule has 0 aliphatic carbocycles. The molecule has 1 unspecified atom stereocenters. The van der Waals surface area contributed by atoms with Gasteiger partial charge < -0.3 is 5.73 Å². The molecule has 0 spiro atoms. The molecule has 0 aromatic carbocycles. The molecule has 0 saturated carbocycles. The first kappa shape index (κ1) is 18.5. The molecular weight excluding hydrogens is 250 g/mol. The molecule has 2 N–H and O–H groups in total. The zero-order valence-corrected chi connectivity index (χ0v) is 12.1. The van der Waals surface area contributed by atoms with Crippen LogP contribution in [0.5, 0.6) is 0 Å². The average Bonchev–Trinajstić information content (AvgIpc) is 2.23. The van der Waals surface area contributed by atoms with Crippen molar-refractivity contribution >= 4 is 22.6 Å². The summed E-state index contributed by atoms with van der Waals surface area (Å²) in [5.74, 6) is 0. The number of rotatable bonds is 7. The third-order valence-electron chi connectivity index (χ3n) is 2.55. The molecule has 7 heteroatoms. The smallest absolute Gasteiger partial charge is 0.281 e. The van der Waals surface area contributed by atoms with Crippen LogP contribution in [0.2, 0.25) is 0 Å². The van der Waals surface area contributed by atoms with Gasteiger partial charge in [-0.25, -0.2) is 0 Å². The van der Waals surface area contributed by atoms with Crippen LogP contribution in [-0.4, -0.2) is 50.3 Å². The fourth-order valence-electron chi connectivity index (χ4n) is 1.09.